The predicted molar refractivity (Wildman–Crippen MR) is 65.1 cm³/mol. The Labute approximate surface area is 104 Å². The Hall–Kier alpha value is -0.870. The molecule has 0 aliphatic rings. The summed E-state index contributed by atoms with van der Waals surface area (Å²) in [5.74, 6) is -0.387. The molecule has 0 saturated carbocycles. The van der Waals surface area contributed by atoms with Crippen LogP contribution in [0.5, 0.6) is 0 Å². The molecule has 1 aromatic carbocycles. The maximum atomic E-state index is 11.2. The summed E-state index contributed by atoms with van der Waals surface area (Å²) in [6, 6.07) is 5.61. The fourth-order valence-corrected chi connectivity index (χ4v) is 2.15. The van der Waals surface area contributed by atoms with Crippen molar-refractivity contribution in [2.75, 3.05) is 6.61 Å². The van der Waals surface area contributed by atoms with Crippen LogP contribution in [-0.4, -0.2) is 17.7 Å². The van der Waals surface area contributed by atoms with Crippen LogP contribution in [0.2, 0.25) is 0 Å². The van der Waals surface area contributed by atoms with Crippen LogP contribution >= 0.6 is 15.9 Å². The number of rotatable bonds is 4. The maximum absolute atomic E-state index is 11.2. The molecule has 0 spiro atoms. The summed E-state index contributed by atoms with van der Waals surface area (Å²) in [5.41, 5.74) is 1.80. The van der Waals surface area contributed by atoms with Crippen LogP contribution in [0.3, 0.4) is 0 Å². The van der Waals surface area contributed by atoms with E-state index in [1.807, 2.05) is 25.1 Å². The Morgan fingerprint density at radius 1 is 1.56 bits per heavy atom. The summed E-state index contributed by atoms with van der Waals surface area (Å²) in [6.07, 6.45) is -0.843. The normalized spacial score (nSPS) is 12.2. The summed E-state index contributed by atoms with van der Waals surface area (Å²) in [5, 5.41) is 9.86. The molecule has 1 atom stereocenters. The van der Waals surface area contributed by atoms with E-state index in [0.29, 0.717) is 12.2 Å². The Bertz CT molecular complexity index is 377. The quantitative estimate of drug-likeness (QED) is 0.866. The van der Waals surface area contributed by atoms with Gasteiger partial charge in [-0.3, -0.25) is 4.79 Å². The Morgan fingerprint density at radius 3 is 2.81 bits per heavy atom. The third-order valence-corrected chi connectivity index (χ3v) is 2.87. The number of hydrogen-bond donors (Lipinski definition) is 1. The minimum Gasteiger partial charge on any atom is -0.466 e. The first-order valence-electron chi connectivity index (χ1n) is 5.14. The number of aliphatic hydroxyl groups excluding tert-OH is 1. The van der Waals surface area contributed by atoms with Gasteiger partial charge in [-0.1, -0.05) is 28.1 Å². The molecule has 0 aliphatic heterocycles. The van der Waals surface area contributed by atoms with Crippen molar-refractivity contribution in [3.05, 3.63) is 33.8 Å². The Balaban J connectivity index is 2.72. The number of carbonyl (C=O) groups is 1. The number of aliphatic hydroxyl groups is 1. The van der Waals surface area contributed by atoms with E-state index in [2.05, 4.69) is 15.9 Å². The molecule has 88 valence electrons. The number of aryl methyl sites for hydroxylation is 1. The second-order valence-corrected chi connectivity index (χ2v) is 4.40. The lowest BCUT2D eigenvalue weighted by molar-refractivity contribution is -0.145. The zero-order valence-corrected chi connectivity index (χ0v) is 11.0. The zero-order chi connectivity index (χ0) is 12.1. The molecule has 0 amide bonds. The fraction of sp³-hybridized carbons (Fsp3) is 0.417. The fourth-order valence-electron chi connectivity index (χ4n) is 1.39. The van der Waals surface area contributed by atoms with Crippen molar-refractivity contribution in [1.29, 1.82) is 0 Å². The smallest absolute Gasteiger partial charge is 0.308 e. The van der Waals surface area contributed by atoms with Crippen molar-refractivity contribution in [3.63, 3.8) is 0 Å². The van der Waals surface area contributed by atoms with Crippen LogP contribution in [0.4, 0.5) is 0 Å². The van der Waals surface area contributed by atoms with Crippen LogP contribution in [-0.2, 0) is 9.53 Å². The van der Waals surface area contributed by atoms with E-state index in [4.69, 9.17) is 4.74 Å². The first-order valence-corrected chi connectivity index (χ1v) is 5.93. The van der Waals surface area contributed by atoms with Gasteiger partial charge in [0.1, 0.15) is 0 Å². The van der Waals surface area contributed by atoms with Gasteiger partial charge in [0.15, 0.2) is 0 Å². The highest BCUT2D eigenvalue weighted by Crippen LogP contribution is 2.26. The summed E-state index contributed by atoms with van der Waals surface area (Å²) in [7, 11) is 0. The topological polar surface area (TPSA) is 46.5 Å². The molecular formula is C12H15BrO3. The molecule has 4 heteroatoms. The molecule has 0 heterocycles. The van der Waals surface area contributed by atoms with Crippen molar-refractivity contribution in [2.24, 2.45) is 0 Å². The van der Waals surface area contributed by atoms with Crippen LogP contribution in [0.25, 0.3) is 0 Å². The molecule has 1 aromatic rings. The average Bonchev–Trinajstić information content (AvgIpc) is 2.17. The number of halogens is 1. The van der Waals surface area contributed by atoms with Gasteiger partial charge in [-0.05, 0) is 31.0 Å². The van der Waals surface area contributed by atoms with Crippen LogP contribution < -0.4 is 0 Å². The second-order valence-electron chi connectivity index (χ2n) is 3.55. The van der Waals surface area contributed by atoms with Crippen molar-refractivity contribution < 1.29 is 14.6 Å². The number of esters is 1. The van der Waals surface area contributed by atoms with Gasteiger partial charge in [0.05, 0.1) is 19.1 Å². The number of ether oxygens (including phenoxy) is 1. The zero-order valence-electron chi connectivity index (χ0n) is 9.37. The third kappa shape index (κ3) is 3.61. The molecule has 1 N–H and O–H groups in total. The summed E-state index contributed by atoms with van der Waals surface area (Å²) in [4.78, 5) is 11.2. The highest BCUT2D eigenvalue weighted by atomic mass is 79.9. The standard InChI is InChI=1S/C12H15BrO3/c1-3-16-12(15)7-11(14)9-5-4-8(2)6-10(9)13/h4-6,11,14H,3,7H2,1-2H3. The molecule has 0 aromatic heterocycles. The first kappa shape index (κ1) is 13.2. The van der Waals surface area contributed by atoms with Crippen molar-refractivity contribution in [1.82, 2.24) is 0 Å². The van der Waals surface area contributed by atoms with Crippen molar-refractivity contribution in [2.45, 2.75) is 26.4 Å². The average molecular weight is 287 g/mol. The van der Waals surface area contributed by atoms with Gasteiger partial charge in [-0.15, -0.1) is 0 Å². The van der Waals surface area contributed by atoms with E-state index in [1.165, 1.54) is 0 Å². The molecule has 3 nitrogen and oxygen atoms in total. The molecular weight excluding hydrogens is 272 g/mol. The van der Waals surface area contributed by atoms with E-state index in [9.17, 15) is 9.90 Å². The van der Waals surface area contributed by atoms with Crippen LogP contribution in [0.15, 0.2) is 22.7 Å². The first-order chi connectivity index (χ1) is 7.54. The van der Waals surface area contributed by atoms with E-state index >= 15 is 0 Å². The molecule has 0 radical (unpaired) electrons. The largest absolute Gasteiger partial charge is 0.466 e. The minimum atomic E-state index is -0.825. The molecule has 0 fully saturated rings. The lowest BCUT2D eigenvalue weighted by Gasteiger charge is -2.12. The van der Waals surface area contributed by atoms with Crippen LogP contribution in [0.1, 0.15) is 30.6 Å². The van der Waals surface area contributed by atoms with Crippen molar-refractivity contribution >= 4 is 21.9 Å². The van der Waals surface area contributed by atoms with Gasteiger partial charge in [-0.25, -0.2) is 0 Å². The summed E-state index contributed by atoms with van der Waals surface area (Å²) >= 11 is 3.36. The highest BCUT2D eigenvalue weighted by Gasteiger charge is 2.16. The number of benzene rings is 1. The maximum Gasteiger partial charge on any atom is 0.308 e. The number of hydrogen-bond acceptors (Lipinski definition) is 3. The lowest BCUT2D eigenvalue weighted by Crippen LogP contribution is -2.10. The Kier molecular flexibility index (Phi) is 4.96. The molecule has 1 rings (SSSR count). The summed E-state index contributed by atoms with van der Waals surface area (Å²) in [6.45, 7) is 4.04. The van der Waals surface area contributed by atoms with E-state index in [1.54, 1.807) is 6.92 Å². The van der Waals surface area contributed by atoms with E-state index < -0.39 is 6.10 Å². The van der Waals surface area contributed by atoms with Gasteiger partial charge < -0.3 is 9.84 Å². The van der Waals surface area contributed by atoms with Crippen molar-refractivity contribution in [3.8, 4) is 0 Å². The van der Waals surface area contributed by atoms with Gasteiger partial charge in [0, 0.05) is 4.47 Å². The predicted octanol–water partition coefficient (Wildman–Crippen LogP) is 2.74. The Morgan fingerprint density at radius 2 is 2.25 bits per heavy atom. The van der Waals surface area contributed by atoms with E-state index in [-0.39, 0.29) is 12.4 Å². The van der Waals surface area contributed by atoms with Gasteiger partial charge in [0.2, 0.25) is 0 Å². The lowest BCUT2D eigenvalue weighted by atomic mass is 10.1. The molecule has 0 bridgehead atoms. The molecule has 16 heavy (non-hydrogen) atoms. The van der Waals surface area contributed by atoms with Gasteiger partial charge in [-0.2, -0.15) is 0 Å². The monoisotopic (exact) mass is 286 g/mol. The van der Waals surface area contributed by atoms with Crippen LogP contribution in [0, 0.1) is 6.92 Å². The van der Waals surface area contributed by atoms with Gasteiger partial charge >= 0.3 is 5.97 Å². The SMILES string of the molecule is CCOC(=O)CC(O)c1ccc(C)cc1Br. The van der Waals surface area contributed by atoms with E-state index in [0.717, 1.165) is 10.0 Å². The second kappa shape index (κ2) is 6.01. The molecule has 0 aliphatic carbocycles. The number of carbonyl (C=O) groups excluding carboxylic acids is 1. The third-order valence-electron chi connectivity index (χ3n) is 2.18. The molecule has 1 unspecified atom stereocenters. The minimum absolute atomic E-state index is 0.0184. The highest BCUT2D eigenvalue weighted by molar-refractivity contribution is 9.10. The molecule has 0 saturated heterocycles. The summed E-state index contributed by atoms with van der Waals surface area (Å²) < 4.78 is 5.59. The van der Waals surface area contributed by atoms with Gasteiger partial charge in [0.25, 0.3) is 0 Å².